The van der Waals surface area contributed by atoms with Crippen molar-refractivity contribution in [3.63, 3.8) is 0 Å². The normalized spacial score (nSPS) is 12.1. The Kier molecular flexibility index (Phi) is 4.93. The van der Waals surface area contributed by atoms with Crippen LogP contribution in [-0.2, 0) is 6.54 Å². The first kappa shape index (κ1) is 13.7. The van der Waals surface area contributed by atoms with E-state index < -0.39 is 0 Å². The van der Waals surface area contributed by atoms with E-state index in [0.29, 0.717) is 4.75 Å². The largest absolute Gasteiger partial charge is 0.466 e. The molecule has 0 saturated carbocycles. The van der Waals surface area contributed by atoms with Crippen molar-refractivity contribution in [1.29, 1.82) is 0 Å². The summed E-state index contributed by atoms with van der Waals surface area (Å²) in [5.74, 6) is 3.19. The molecule has 1 rings (SSSR count). The van der Waals surface area contributed by atoms with E-state index in [-0.39, 0.29) is 0 Å². The monoisotopic (exact) mass is 241 g/mol. The fourth-order valence-electron chi connectivity index (χ4n) is 1.51. The standard InChI is InChI=1S/C13H23NOS/c1-10-8-12(11(2)15-10)9-14-6-7-16-13(3,4)5/h8,14H,6-7,9H2,1-5H3. The fourth-order valence-corrected chi connectivity index (χ4v) is 2.37. The zero-order valence-electron chi connectivity index (χ0n) is 11.0. The second kappa shape index (κ2) is 5.78. The Hall–Kier alpha value is -0.410. The van der Waals surface area contributed by atoms with Gasteiger partial charge in [0.1, 0.15) is 11.5 Å². The Morgan fingerprint density at radius 3 is 2.50 bits per heavy atom. The summed E-state index contributed by atoms with van der Waals surface area (Å²) in [5, 5.41) is 3.45. The van der Waals surface area contributed by atoms with Crippen molar-refractivity contribution >= 4 is 11.8 Å². The Bertz CT molecular complexity index is 325. The highest BCUT2D eigenvalue weighted by molar-refractivity contribution is 8.00. The van der Waals surface area contributed by atoms with Crippen molar-refractivity contribution in [3.8, 4) is 0 Å². The molecule has 92 valence electrons. The first-order valence-corrected chi connectivity index (χ1v) is 6.77. The molecule has 0 atom stereocenters. The van der Waals surface area contributed by atoms with Gasteiger partial charge in [-0.15, -0.1) is 0 Å². The SMILES string of the molecule is Cc1cc(CNCCSC(C)(C)C)c(C)o1. The van der Waals surface area contributed by atoms with Gasteiger partial charge in [0.25, 0.3) is 0 Å². The number of rotatable bonds is 5. The quantitative estimate of drug-likeness (QED) is 0.799. The highest BCUT2D eigenvalue weighted by atomic mass is 32.2. The van der Waals surface area contributed by atoms with E-state index in [2.05, 4.69) is 32.2 Å². The van der Waals surface area contributed by atoms with E-state index in [1.807, 2.05) is 25.6 Å². The molecular weight excluding hydrogens is 218 g/mol. The summed E-state index contributed by atoms with van der Waals surface area (Å²) in [6, 6.07) is 2.11. The van der Waals surface area contributed by atoms with Crippen LogP contribution in [0.2, 0.25) is 0 Å². The highest BCUT2D eigenvalue weighted by Gasteiger charge is 2.09. The van der Waals surface area contributed by atoms with Crippen molar-refractivity contribution in [3.05, 3.63) is 23.2 Å². The molecule has 0 amide bonds. The van der Waals surface area contributed by atoms with Crippen molar-refractivity contribution in [1.82, 2.24) is 5.32 Å². The number of furan rings is 1. The van der Waals surface area contributed by atoms with Crippen molar-refractivity contribution in [2.75, 3.05) is 12.3 Å². The molecule has 0 fully saturated rings. The van der Waals surface area contributed by atoms with Gasteiger partial charge in [0, 0.05) is 29.2 Å². The van der Waals surface area contributed by atoms with Crippen LogP contribution in [0.5, 0.6) is 0 Å². The summed E-state index contributed by atoms with van der Waals surface area (Å²) in [6.45, 7) is 12.7. The fraction of sp³-hybridized carbons (Fsp3) is 0.692. The van der Waals surface area contributed by atoms with Gasteiger partial charge in [0.15, 0.2) is 0 Å². The van der Waals surface area contributed by atoms with E-state index in [0.717, 1.165) is 30.4 Å². The van der Waals surface area contributed by atoms with Gasteiger partial charge < -0.3 is 9.73 Å². The molecule has 0 aliphatic rings. The molecule has 0 spiro atoms. The lowest BCUT2D eigenvalue weighted by Gasteiger charge is -2.17. The molecule has 1 N–H and O–H groups in total. The van der Waals surface area contributed by atoms with Gasteiger partial charge in [0.2, 0.25) is 0 Å². The van der Waals surface area contributed by atoms with Gasteiger partial charge >= 0.3 is 0 Å². The third-order valence-corrected chi connectivity index (χ3v) is 3.55. The lowest BCUT2D eigenvalue weighted by atomic mass is 10.2. The molecule has 0 aliphatic carbocycles. The molecule has 0 radical (unpaired) electrons. The van der Waals surface area contributed by atoms with Gasteiger partial charge in [-0.05, 0) is 19.9 Å². The van der Waals surface area contributed by atoms with Crippen LogP contribution in [0.15, 0.2) is 10.5 Å². The Morgan fingerprint density at radius 2 is 2.00 bits per heavy atom. The molecule has 1 heterocycles. The van der Waals surface area contributed by atoms with E-state index in [9.17, 15) is 0 Å². The predicted molar refractivity (Wildman–Crippen MR) is 72.1 cm³/mol. The molecule has 0 saturated heterocycles. The average Bonchev–Trinajstić information content (AvgIpc) is 2.42. The maximum atomic E-state index is 5.48. The molecule has 3 heteroatoms. The second-order valence-corrected chi connectivity index (χ2v) is 7.00. The summed E-state index contributed by atoms with van der Waals surface area (Å²) in [7, 11) is 0. The number of hydrogen-bond donors (Lipinski definition) is 1. The molecule has 0 unspecified atom stereocenters. The molecule has 0 aliphatic heterocycles. The van der Waals surface area contributed by atoms with E-state index in [4.69, 9.17) is 4.42 Å². The van der Waals surface area contributed by atoms with Crippen LogP contribution in [-0.4, -0.2) is 17.0 Å². The van der Waals surface area contributed by atoms with E-state index >= 15 is 0 Å². The minimum Gasteiger partial charge on any atom is -0.466 e. The first-order chi connectivity index (χ1) is 7.38. The molecule has 0 aromatic carbocycles. The molecule has 2 nitrogen and oxygen atoms in total. The van der Waals surface area contributed by atoms with Crippen LogP contribution < -0.4 is 5.32 Å². The summed E-state index contributed by atoms with van der Waals surface area (Å²) < 4.78 is 5.85. The topological polar surface area (TPSA) is 25.2 Å². The smallest absolute Gasteiger partial charge is 0.105 e. The zero-order valence-corrected chi connectivity index (χ0v) is 11.8. The Morgan fingerprint density at radius 1 is 1.31 bits per heavy atom. The second-order valence-electron chi connectivity index (χ2n) is 5.08. The van der Waals surface area contributed by atoms with Crippen LogP contribution in [0.25, 0.3) is 0 Å². The van der Waals surface area contributed by atoms with Gasteiger partial charge in [-0.25, -0.2) is 0 Å². The summed E-state index contributed by atoms with van der Waals surface area (Å²) in [4.78, 5) is 0. The molecule has 1 aromatic heterocycles. The summed E-state index contributed by atoms with van der Waals surface area (Å²) in [5.41, 5.74) is 1.28. The zero-order chi connectivity index (χ0) is 12.2. The van der Waals surface area contributed by atoms with Crippen LogP contribution in [0.1, 0.15) is 37.9 Å². The van der Waals surface area contributed by atoms with Crippen molar-refractivity contribution in [2.45, 2.75) is 45.9 Å². The summed E-state index contributed by atoms with van der Waals surface area (Å²) >= 11 is 1.99. The van der Waals surface area contributed by atoms with E-state index in [1.54, 1.807) is 0 Å². The number of nitrogens with one attached hydrogen (secondary N) is 1. The van der Waals surface area contributed by atoms with Crippen LogP contribution >= 0.6 is 11.8 Å². The average molecular weight is 241 g/mol. The third-order valence-electron chi connectivity index (χ3n) is 2.27. The Balaban J connectivity index is 2.19. The first-order valence-electron chi connectivity index (χ1n) is 5.79. The van der Waals surface area contributed by atoms with Gasteiger partial charge in [-0.3, -0.25) is 0 Å². The highest BCUT2D eigenvalue weighted by Crippen LogP contribution is 2.22. The number of hydrogen-bond acceptors (Lipinski definition) is 3. The predicted octanol–water partition coefficient (Wildman–Crippen LogP) is 3.52. The minimum absolute atomic E-state index is 0.365. The number of aryl methyl sites for hydroxylation is 2. The van der Waals surface area contributed by atoms with Crippen LogP contribution in [0, 0.1) is 13.8 Å². The lowest BCUT2D eigenvalue weighted by Crippen LogP contribution is -2.19. The van der Waals surface area contributed by atoms with Crippen molar-refractivity contribution < 1.29 is 4.42 Å². The Labute approximate surface area is 103 Å². The lowest BCUT2D eigenvalue weighted by molar-refractivity contribution is 0.499. The summed E-state index contributed by atoms with van der Waals surface area (Å²) in [6.07, 6.45) is 0. The number of thioether (sulfide) groups is 1. The van der Waals surface area contributed by atoms with Crippen LogP contribution in [0.3, 0.4) is 0 Å². The minimum atomic E-state index is 0.365. The van der Waals surface area contributed by atoms with Crippen molar-refractivity contribution in [2.24, 2.45) is 0 Å². The molecular formula is C13H23NOS. The molecule has 16 heavy (non-hydrogen) atoms. The van der Waals surface area contributed by atoms with Gasteiger partial charge in [0.05, 0.1) is 0 Å². The van der Waals surface area contributed by atoms with Gasteiger partial charge in [-0.2, -0.15) is 11.8 Å². The molecule has 0 bridgehead atoms. The molecule has 1 aromatic rings. The van der Waals surface area contributed by atoms with Crippen LogP contribution in [0.4, 0.5) is 0 Å². The maximum Gasteiger partial charge on any atom is 0.105 e. The third kappa shape index (κ3) is 5.08. The van der Waals surface area contributed by atoms with E-state index in [1.165, 1.54) is 5.56 Å². The maximum absolute atomic E-state index is 5.48. The van der Waals surface area contributed by atoms with Gasteiger partial charge in [-0.1, -0.05) is 20.8 Å².